The van der Waals surface area contributed by atoms with Crippen LogP contribution in [0.5, 0.6) is 0 Å². The molecular weight excluding hydrogens is 150 g/mol. The van der Waals surface area contributed by atoms with Gasteiger partial charge in [-0.2, -0.15) is 0 Å². The van der Waals surface area contributed by atoms with Gasteiger partial charge in [-0.3, -0.25) is 4.79 Å². The molecule has 2 nitrogen and oxygen atoms in total. The Labute approximate surface area is 73.9 Å². The van der Waals surface area contributed by atoms with Crippen molar-refractivity contribution in [3.8, 4) is 11.8 Å². The van der Waals surface area contributed by atoms with Crippen LogP contribution in [0.15, 0.2) is 0 Å². The Balaban J connectivity index is 2.58. The van der Waals surface area contributed by atoms with Crippen molar-refractivity contribution in [2.45, 2.75) is 39.2 Å². The number of hydrogen-bond donors (Lipinski definition) is 0. The predicted molar refractivity (Wildman–Crippen MR) is 48.5 cm³/mol. The van der Waals surface area contributed by atoms with E-state index in [1.165, 1.54) is 0 Å². The van der Waals surface area contributed by atoms with Crippen LogP contribution in [0, 0.1) is 11.8 Å². The second-order valence-electron chi connectivity index (χ2n) is 3.05. The minimum atomic E-state index is 0.155. The van der Waals surface area contributed by atoms with Gasteiger partial charge in [0.1, 0.15) is 0 Å². The Morgan fingerprint density at radius 1 is 1.67 bits per heavy atom. The fourth-order valence-corrected chi connectivity index (χ4v) is 1.51. The molecule has 1 saturated heterocycles. The van der Waals surface area contributed by atoms with Crippen molar-refractivity contribution >= 4 is 5.91 Å². The molecule has 1 heterocycles. The standard InChI is InChI=1S/C10H15NO/c1-3-4-6-10-7-5-8-11(10)9(2)12/h10H,3,5,7-8H2,1-2H3. The van der Waals surface area contributed by atoms with Gasteiger partial charge in [-0.15, -0.1) is 5.92 Å². The van der Waals surface area contributed by atoms with Gasteiger partial charge in [-0.25, -0.2) is 0 Å². The Morgan fingerprint density at radius 3 is 3.00 bits per heavy atom. The van der Waals surface area contributed by atoms with Crippen LogP contribution >= 0.6 is 0 Å². The molecule has 0 N–H and O–H groups in total. The first-order chi connectivity index (χ1) is 5.75. The highest BCUT2D eigenvalue weighted by Gasteiger charge is 2.24. The molecule has 1 atom stereocenters. The summed E-state index contributed by atoms with van der Waals surface area (Å²) in [7, 11) is 0. The summed E-state index contributed by atoms with van der Waals surface area (Å²) in [5.41, 5.74) is 0. The highest BCUT2D eigenvalue weighted by molar-refractivity contribution is 5.74. The molecule has 0 bridgehead atoms. The molecule has 1 fully saturated rings. The van der Waals surface area contributed by atoms with Gasteiger partial charge >= 0.3 is 0 Å². The average Bonchev–Trinajstić information content (AvgIpc) is 2.48. The minimum Gasteiger partial charge on any atom is -0.329 e. The number of carbonyl (C=O) groups excluding carboxylic acids is 1. The van der Waals surface area contributed by atoms with E-state index in [4.69, 9.17) is 0 Å². The van der Waals surface area contributed by atoms with Gasteiger partial charge in [-0.1, -0.05) is 12.8 Å². The van der Waals surface area contributed by atoms with E-state index >= 15 is 0 Å². The van der Waals surface area contributed by atoms with Crippen molar-refractivity contribution in [1.82, 2.24) is 4.90 Å². The first-order valence-corrected chi connectivity index (χ1v) is 4.51. The van der Waals surface area contributed by atoms with Crippen LogP contribution in [0.4, 0.5) is 0 Å². The zero-order valence-electron chi connectivity index (χ0n) is 7.76. The fraction of sp³-hybridized carbons (Fsp3) is 0.700. The Bertz CT molecular complexity index is 224. The van der Waals surface area contributed by atoms with Gasteiger partial charge in [0.2, 0.25) is 5.91 Å². The first kappa shape index (κ1) is 9.12. The van der Waals surface area contributed by atoms with Crippen LogP contribution in [0.1, 0.15) is 33.1 Å². The second-order valence-corrected chi connectivity index (χ2v) is 3.05. The van der Waals surface area contributed by atoms with Gasteiger partial charge in [0, 0.05) is 19.9 Å². The fourth-order valence-electron chi connectivity index (χ4n) is 1.51. The highest BCUT2D eigenvalue weighted by atomic mass is 16.2. The molecule has 1 rings (SSSR count). The number of amides is 1. The number of rotatable bonds is 0. The van der Waals surface area contributed by atoms with Crippen LogP contribution in [0.25, 0.3) is 0 Å². The highest BCUT2D eigenvalue weighted by Crippen LogP contribution is 2.15. The molecule has 0 aromatic carbocycles. The van der Waals surface area contributed by atoms with Crippen LogP contribution in [0.2, 0.25) is 0 Å². The molecular formula is C10H15NO. The maximum Gasteiger partial charge on any atom is 0.220 e. The molecule has 1 amide bonds. The zero-order valence-corrected chi connectivity index (χ0v) is 7.76. The maximum absolute atomic E-state index is 11.1. The topological polar surface area (TPSA) is 20.3 Å². The Kier molecular flexibility index (Phi) is 3.16. The number of carbonyl (C=O) groups is 1. The van der Waals surface area contributed by atoms with Crippen molar-refractivity contribution in [2.75, 3.05) is 6.54 Å². The van der Waals surface area contributed by atoms with Gasteiger partial charge in [-0.05, 0) is 12.8 Å². The van der Waals surface area contributed by atoms with E-state index in [1.807, 2.05) is 11.8 Å². The zero-order chi connectivity index (χ0) is 8.97. The molecule has 1 unspecified atom stereocenters. The monoisotopic (exact) mass is 165 g/mol. The number of hydrogen-bond acceptors (Lipinski definition) is 1. The summed E-state index contributed by atoms with van der Waals surface area (Å²) in [6.07, 6.45) is 3.03. The lowest BCUT2D eigenvalue weighted by Crippen LogP contribution is -2.32. The van der Waals surface area contributed by atoms with Gasteiger partial charge in [0.15, 0.2) is 0 Å². The Morgan fingerprint density at radius 2 is 2.42 bits per heavy atom. The molecule has 12 heavy (non-hydrogen) atoms. The van der Waals surface area contributed by atoms with Gasteiger partial charge < -0.3 is 4.90 Å². The lowest BCUT2D eigenvalue weighted by molar-refractivity contribution is -0.128. The van der Waals surface area contributed by atoms with Gasteiger partial charge in [0.25, 0.3) is 0 Å². The molecule has 66 valence electrons. The van der Waals surface area contributed by atoms with E-state index in [2.05, 4.69) is 11.8 Å². The third-order valence-corrected chi connectivity index (χ3v) is 2.10. The molecule has 2 heteroatoms. The summed E-state index contributed by atoms with van der Waals surface area (Å²) in [6.45, 7) is 4.53. The third-order valence-electron chi connectivity index (χ3n) is 2.10. The summed E-state index contributed by atoms with van der Waals surface area (Å²) < 4.78 is 0. The largest absolute Gasteiger partial charge is 0.329 e. The molecule has 0 spiro atoms. The number of nitrogens with zero attached hydrogens (tertiary/aromatic N) is 1. The quantitative estimate of drug-likeness (QED) is 0.497. The van der Waals surface area contributed by atoms with Crippen LogP contribution in [-0.2, 0) is 4.79 Å². The van der Waals surface area contributed by atoms with Crippen LogP contribution < -0.4 is 0 Å². The summed E-state index contributed by atoms with van der Waals surface area (Å²) in [5.74, 6) is 6.30. The van der Waals surface area contributed by atoms with Crippen molar-refractivity contribution in [3.63, 3.8) is 0 Å². The normalized spacial score (nSPS) is 21.8. The second kappa shape index (κ2) is 4.15. The molecule has 0 aliphatic carbocycles. The minimum absolute atomic E-state index is 0.155. The number of likely N-dealkylation sites (tertiary alicyclic amines) is 1. The molecule has 0 aromatic heterocycles. The van der Waals surface area contributed by atoms with Crippen LogP contribution in [-0.4, -0.2) is 23.4 Å². The maximum atomic E-state index is 11.1. The van der Waals surface area contributed by atoms with Gasteiger partial charge in [0.05, 0.1) is 6.04 Å². The SMILES string of the molecule is CCC#CC1CCCN1C(C)=O. The summed E-state index contributed by atoms with van der Waals surface area (Å²) >= 11 is 0. The third kappa shape index (κ3) is 2.01. The van der Waals surface area contributed by atoms with Crippen molar-refractivity contribution < 1.29 is 4.79 Å². The van der Waals surface area contributed by atoms with E-state index < -0.39 is 0 Å². The predicted octanol–water partition coefficient (Wildman–Crippen LogP) is 1.41. The molecule has 1 aliphatic rings. The summed E-state index contributed by atoms with van der Waals surface area (Å²) in [6, 6.07) is 0.197. The lowest BCUT2D eigenvalue weighted by atomic mass is 10.2. The van der Waals surface area contributed by atoms with E-state index in [-0.39, 0.29) is 11.9 Å². The van der Waals surface area contributed by atoms with E-state index in [1.54, 1.807) is 6.92 Å². The van der Waals surface area contributed by atoms with Crippen molar-refractivity contribution in [2.24, 2.45) is 0 Å². The van der Waals surface area contributed by atoms with Crippen molar-refractivity contribution in [1.29, 1.82) is 0 Å². The Hall–Kier alpha value is -0.970. The average molecular weight is 165 g/mol. The van der Waals surface area contributed by atoms with Crippen LogP contribution in [0.3, 0.4) is 0 Å². The molecule has 0 radical (unpaired) electrons. The summed E-state index contributed by atoms with van der Waals surface area (Å²) in [5, 5.41) is 0. The molecule has 1 aliphatic heterocycles. The van der Waals surface area contributed by atoms with Crippen molar-refractivity contribution in [3.05, 3.63) is 0 Å². The molecule has 0 saturated carbocycles. The molecule has 0 aromatic rings. The lowest BCUT2D eigenvalue weighted by Gasteiger charge is -2.17. The van der Waals surface area contributed by atoms with E-state index in [0.717, 1.165) is 25.8 Å². The smallest absolute Gasteiger partial charge is 0.220 e. The van der Waals surface area contributed by atoms with E-state index in [9.17, 15) is 4.79 Å². The van der Waals surface area contributed by atoms with E-state index in [0.29, 0.717) is 0 Å². The summed E-state index contributed by atoms with van der Waals surface area (Å²) in [4.78, 5) is 12.9. The first-order valence-electron chi connectivity index (χ1n) is 4.51.